The Morgan fingerprint density at radius 1 is 1.42 bits per heavy atom. The van der Waals surface area contributed by atoms with Crippen LogP contribution in [0.4, 0.5) is 0 Å². The smallest absolute Gasteiger partial charge is 0.305 e. The van der Waals surface area contributed by atoms with Gasteiger partial charge in [0, 0.05) is 6.04 Å². The Bertz CT molecular complexity index is 387. The molecule has 1 saturated heterocycles. The predicted molar refractivity (Wildman–Crippen MR) is 75.3 cm³/mol. The molecule has 0 aromatic rings. The molecule has 1 aliphatic rings. The zero-order chi connectivity index (χ0) is 15.2. The van der Waals surface area contributed by atoms with Crippen molar-refractivity contribution in [1.82, 2.24) is 4.57 Å². The zero-order valence-electron chi connectivity index (χ0n) is 12.6. The van der Waals surface area contributed by atoms with Crippen LogP contribution in [0.1, 0.15) is 34.1 Å². The molecule has 1 rings (SSSR count). The van der Waals surface area contributed by atoms with Crippen LogP contribution in [0.3, 0.4) is 0 Å². The third-order valence-electron chi connectivity index (χ3n) is 4.61. The van der Waals surface area contributed by atoms with Crippen LogP contribution in [-0.2, 0) is 9.59 Å². The van der Waals surface area contributed by atoms with E-state index >= 15 is 0 Å². The normalized spacial score (nSPS) is 26.1. The lowest BCUT2D eigenvalue weighted by Crippen LogP contribution is -2.74. The van der Waals surface area contributed by atoms with Crippen molar-refractivity contribution >= 4 is 20.1 Å². The van der Waals surface area contributed by atoms with Crippen molar-refractivity contribution in [2.75, 3.05) is 0 Å². The van der Waals surface area contributed by atoms with Crippen LogP contribution >= 0.6 is 0 Å². The van der Waals surface area contributed by atoms with E-state index in [4.69, 9.17) is 5.11 Å². The molecule has 1 aliphatic heterocycles. The van der Waals surface area contributed by atoms with E-state index in [1.165, 1.54) is 0 Å². The Morgan fingerprint density at radius 3 is 2.21 bits per heavy atom. The standard InChI is InChI=1S/C13H25NO4Si/c1-8(15)11-9(7-10(16)17)14(12(11)18)19(5,6)13(2,3)4/h8-9,11,15H,7H2,1-6H3,(H,16,17). The summed E-state index contributed by atoms with van der Waals surface area (Å²) in [7, 11) is -2.09. The fraction of sp³-hybridized carbons (Fsp3) is 0.846. The summed E-state index contributed by atoms with van der Waals surface area (Å²) < 4.78 is 1.78. The average molecular weight is 287 g/mol. The molecule has 0 aromatic heterocycles. The molecule has 0 aliphatic carbocycles. The van der Waals surface area contributed by atoms with Gasteiger partial charge in [-0.3, -0.25) is 9.59 Å². The van der Waals surface area contributed by atoms with Crippen molar-refractivity contribution in [3.05, 3.63) is 0 Å². The SMILES string of the molecule is CC(O)C1C(=O)N([Si](C)(C)C(C)(C)C)C1CC(=O)O. The monoisotopic (exact) mass is 287 g/mol. The number of β-lactam (4-membered cyclic amide) rings is 1. The van der Waals surface area contributed by atoms with Gasteiger partial charge in [-0.25, -0.2) is 0 Å². The number of nitrogens with zero attached hydrogens (tertiary/aromatic N) is 1. The molecular weight excluding hydrogens is 262 g/mol. The highest BCUT2D eigenvalue weighted by atomic mass is 28.3. The van der Waals surface area contributed by atoms with Gasteiger partial charge in [0.05, 0.1) is 18.4 Å². The molecule has 5 nitrogen and oxygen atoms in total. The van der Waals surface area contributed by atoms with Crippen LogP contribution in [0.5, 0.6) is 0 Å². The van der Waals surface area contributed by atoms with Crippen molar-refractivity contribution in [2.24, 2.45) is 5.92 Å². The lowest BCUT2D eigenvalue weighted by Gasteiger charge is -2.58. The van der Waals surface area contributed by atoms with Crippen molar-refractivity contribution in [1.29, 1.82) is 0 Å². The van der Waals surface area contributed by atoms with Crippen molar-refractivity contribution in [2.45, 2.75) is 64.4 Å². The van der Waals surface area contributed by atoms with Gasteiger partial charge in [0.15, 0.2) is 8.24 Å². The van der Waals surface area contributed by atoms with Crippen molar-refractivity contribution < 1.29 is 19.8 Å². The largest absolute Gasteiger partial charge is 0.481 e. The highest BCUT2D eigenvalue weighted by Crippen LogP contribution is 2.46. The average Bonchev–Trinajstić information content (AvgIpc) is 2.12. The molecule has 0 radical (unpaired) electrons. The van der Waals surface area contributed by atoms with Gasteiger partial charge in [0.25, 0.3) is 0 Å². The first kappa shape index (κ1) is 16.2. The number of amides is 1. The topological polar surface area (TPSA) is 77.8 Å². The third-order valence-corrected chi connectivity index (χ3v) is 10.0. The molecule has 19 heavy (non-hydrogen) atoms. The summed E-state index contributed by atoms with van der Waals surface area (Å²) in [5.41, 5.74) is 0. The number of aliphatic carboxylic acids is 1. The Hall–Kier alpha value is -0.883. The van der Waals surface area contributed by atoms with Crippen LogP contribution in [-0.4, -0.2) is 47.0 Å². The molecule has 0 saturated carbocycles. The molecule has 1 heterocycles. The molecule has 0 spiro atoms. The van der Waals surface area contributed by atoms with E-state index < -0.39 is 26.2 Å². The Morgan fingerprint density at radius 2 is 1.89 bits per heavy atom. The first-order valence-corrected chi connectivity index (χ1v) is 9.59. The molecule has 6 heteroatoms. The minimum Gasteiger partial charge on any atom is -0.481 e. The van der Waals surface area contributed by atoms with E-state index in [0.717, 1.165) is 0 Å². The highest BCUT2D eigenvalue weighted by Gasteiger charge is 2.58. The van der Waals surface area contributed by atoms with Crippen molar-refractivity contribution in [3.63, 3.8) is 0 Å². The molecule has 3 atom stereocenters. The minimum absolute atomic E-state index is 0.0386. The predicted octanol–water partition coefficient (Wildman–Crippen LogP) is 1.67. The third kappa shape index (κ3) is 2.69. The Balaban J connectivity index is 3.06. The van der Waals surface area contributed by atoms with Crippen LogP contribution in [0.15, 0.2) is 0 Å². The number of aliphatic hydroxyl groups excluding tert-OH is 1. The fourth-order valence-corrected chi connectivity index (χ4v) is 5.05. The minimum atomic E-state index is -2.09. The second-order valence-electron chi connectivity index (χ2n) is 6.95. The zero-order valence-corrected chi connectivity index (χ0v) is 13.6. The maximum absolute atomic E-state index is 12.3. The van der Waals surface area contributed by atoms with Crippen LogP contribution in [0.2, 0.25) is 18.1 Å². The summed E-state index contributed by atoms with van der Waals surface area (Å²) >= 11 is 0. The van der Waals surface area contributed by atoms with E-state index in [1.54, 1.807) is 11.5 Å². The van der Waals surface area contributed by atoms with Gasteiger partial charge in [-0.05, 0) is 12.0 Å². The van der Waals surface area contributed by atoms with Crippen LogP contribution in [0.25, 0.3) is 0 Å². The van der Waals surface area contributed by atoms with Crippen LogP contribution in [0, 0.1) is 5.92 Å². The summed E-state index contributed by atoms with van der Waals surface area (Å²) in [6, 6.07) is -0.370. The van der Waals surface area contributed by atoms with Crippen LogP contribution < -0.4 is 0 Å². The number of carboxylic acids is 1. The lowest BCUT2D eigenvalue weighted by atomic mass is 9.84. The van der Waals surface area contributed by atoms with Crippen molar-refractivity contribution in [3.8, 4) is 0 Å². The summed E-state index contributed by atoms with van der Waals surface area (Å²) in [5, 5.41) is 18.7. The van der Waals surface area contributed by atoms with Gasteiger partial charge < -0.3 is 14.8 Å². The molecule has 1 amide bonds. The lowest BCUT2D eigenvalue weighted by molar-refractivity contribution is -0.158. The van der Waals surface area contributed by atoms with Gasteiger partial charge in [0.2, 0.25) is 5.91 Å². The number of rotatable bonds is 4. The summed E-state index contributed by atoms with van der Waals surface area (Å²) in [6.07, 6.45) is -0.883. The molecular formula is C13H25NO4Si. The van der Waals surface area contributed by atoms with E-state index in [-0.39, 0.29) is 23.4 Å². The molecule has 110 valence electrons. The Labute approximate surface area is 115 Å². The quantitative estimate of drug-likeness (QED) is 0.609. The number of carbonyl (C=O) groups is 2. The number of hydrogen-bond donors (Lipinski definition) is 2. The number of carboxylic acid groups (broad SMARTS) is 1. The second-order valence-corrected chi connectivity index (χ2v) is 12.0. The second kappa shape index (κ2) is 4.90. The van der Waals surface area contributed by atoms with Gasteiger partial charge in [-0.15, -0.1) is 0 Å². The first-order valence-electron chi connectivity index (χ1n) is 6.64. The van der Waals surface area contributed by atoms with Gasteiger partial charge in [0.1, 0.15) is 0 Å². The maximum atomic E-state index is 12.3. The summed E-state index contributed by atoms with van der Waals surface area (Å²) in [4.78, 5) is 23.3. The Kier molecular flexibility index (Phi) is 4.17. The van der Waals surface area contributed by atoms with Gasteiger partial charge in [-0.2, -0.15) is 0 Å². The molecule has 0 aromatic carbocycles. The molecule has 0 bridgehead atoms. The number of hydrogen-bond acceptors (Lipinski definition) is 3. The molecule has 1 fully saturated rings. The molecule has 3 unspecified atom stereocenters. The number of carbonyl (C=O) groups excluding carboxylic acids is 1. The van der Waals surface area contributed by atoms with Gasteiger partial charge in [-0.1, -0.05) is 33.9 Å². The van der Waals surface area contributed by atoms with E-state index in [9.17, 15) is 14.7 Å². The summed E-state index contributed by atoms with van der Waals surface area (Å²) in [5.74, 6) is -1.58. The fourth-order valence-electron chi connectivity index (χ4n) is 2.54. The maximum Gasteiger partial charge on any atom is 0.305 e. The first-order chi connectivity index (χ1) is 8.41. The van der Waals surface area contributed by atoms with E-state index in [0.29, 0.717) is 0 Å². The van der Waals surface area contributed by atoms with E-state index in [1.807, 2.05) is 0 Å². The van der Waals surface area contributed by atoms with E-state index in [2.05, 4.69) is 33.9 Å². The number of aliphatic hydroxyl groups is 1. The van der Waals surface area contributed by atoms with Gasteiger partial charge >= 0.3 is 5.97 Å². The molecule has 2 N–H and O–H groups in total. The summed E-state index contributed by atoms with van der Waals surface area (Å²) in [6.45, 7) is 12.0. The highest BCUT2D eigenvalue weighted by molar-refractivity contribution is 6.80.